The molecule has 0 unspecified atom stereocenters. The minimum atomic E-state index is -3.67. The average molecular weight is 509 g/mol. The zero-order valence-corrected chi connectivity index (χ0v) is 21.2. The van der Waals surface area contributed by atoms with E-state index in [1.54, 1.807) is 12.1 Å². The maximum Gasteiger partial charge on any atom is 0.308 e. The highest BCUT2D eigenvalue weighted by atomic mass is 35.5. The van der Waals surface area contributed by atoms with E-state index in [4.69, 9.17) is 21.1 Å². The lowest BCUT2D eigenvalue weighted by atomic mass is 10.1. The third-order valence-corrected chi connectivity index (χ3v) is 7.29. The number of carbonyl (C=O) groups is 2. The summed E-state index contributed by atoms with van der Waals surface area (Å²) in [5.41, 5.74) is 0. The summed E-state index contributed by atoms with van der Waals surface area (Å²) in [4.78, 5) is 22.0. The molecule has 2 rings (SSSR count). The Morgan fingerprint density at radius 1 is 0.706 bits per heavy atom. The number of hydrogen-bond acceptors (Lipinski definition) is 6. The Labute approximate surface area is 207 Å². The molecule has 0 aromatic heterocycles. The molecule has 0 spiro atoms. The van der Waals surface area contributed by atoms with Gasteiger partial charge >= 0.3 is 5.97 Å². The van der Waals surface area contributed by atoms with Crippen LogP contribution < -0.4 is 9.47 Å². The van der Waals surface area contributed by atoms with Gasteiger partial charge in [0, 0.05) is 13.3 Å². The first-order valence-corrected chi connectivity index (χ1v) is 13.6. The Kier molecular flexibility index (Phi) is 12.1. The Bertz CT molecular complexity index is 1000. The summed E-state index contributed by atoms with van der Waals surface area (Å²) in [6.45, 7) is 1.88. The van der Waals surface area contributed by atoms with Gasteiger partial charge in [-0.25, -0.2) is 8.42 Å². The molecule has 0 fully saturated rings. The molecule has 0 amide bonds. The second-order valence-electron chi connectivity index (χ2n) is 8.18. The van der Waals surface area contributed by atoms with Crippen molar-refractivity contribution in [2.45, 2.75) is 80.9 Å². The van der Waals surface area contributed by atoms with Gasteiger partial charge in [0.25, 0.3) is 0 Å². The van der Waals surface area contributed by atoms with E-state index in [2.05, 4.69) is 0 Å². The molecule has 2 aromatic carbocycles. The van der Waals surface area contributed by atoms with Crippen LogP contribution in [0.3, 0.4) is 0 Å². The van der Waals surface area contributed by atoms with Crippen LogP contribution >= 0.6 is 11.6 Å². The SMILES string of the molecule is CC(=O)Oc1ccc(S(=O)(=O)c2ccc(OCCCCCCCCCCCC(=O)Cl)cc2)cc1. The number of ether oxygens (including phenoxy) is 2. The first-order chi connectivity index (χ1) is 16.3. The van der Waals surface area contributed by atoms with Gasteiger partial charge in [0.05, 0.1) is 16.4 Å². The highest BCUT2D eigenvalue weighted by Crippen LogP contribution is 2.25. The van der Waals surface area contributed by atoms with E-state index in [0.29, 0.717) is 24.5 Å². The number of benzene rings is 2. The lowest BCUT2D eigenvalue weighted by Gasteiger charge is -2.09. The molecule has 8 heteroatoms. The van der Waals surface area contributed by atoms with E-state index in [1.807, 2.05) is 0 Å². The van der Waals surface area contributed by atoms with Crippen molar-refractivity contribution < 1.29 is 27.5 Å². The number of hydrogen-bond donors (Lipinski definition) is 0. The van der Waals surface area contributed by atoms with Gasteiger partial charge in [0.2, 0.25) is 15.1 Å². The minimum absolute atomic E-state index is 0.127. The quantitative estimate of drug-likeness (QED) is 0.111. The Morgan fingerprint density at radius 3 is 1.62 bits per heavy atom. The monoisotopic (exact) mass is 508 g/mol. The van der Waals surface area contributed by atoms with Crippen molar-refractivity contribution >= 4 is 32.6 Å². The summed E-state index contributed by atoms with van der Waals surface area (Å²) in [7, 11) is -3.67. The maximum absolute atomic E-state index is 12.8. The van der Waals surface area contributed by atoms with Gasteiger partial charge < -0.3 is 9.47 Å². The molecule has 0 N–H and O–H groups in total. The van der Waals surface area contributed by atoms with Crippen LogP contribution in [0.2, 0.25) is 0 Å². The van der Waals surface area contributed by atoms with Crippen molar-refractivity contribution in [1.82, 2.24) is 0 Å². The summed E-state index contributed by atoms with van der Waals surface area (Å²) in [6, 6.07) is 12.1. The molecule has 0 saturated heterocycles. The molecular weight excluding hydrogens is 476 g/mol. The van der Waals surface area contributed by atoms with Gasteiger partial charge in [0.1, 0.15) is 11.5 Å². The number of esters is 1. The van der Waals surface area contributed by atoms with Crippen molar-refractivity contribution in [3.63, 3.8) is 0 Å². The van der Waals surface area contributed by atoms with Crippen LogP contribution in [0.5, 0.6) is 11.5 Å². The summed E-state index contributed by atoms with van der Waals surface area (Å²) in [5.74, 6) is 0.475. The molecule has 2 aromatic rings. The van der Waals surface area contributed by atoms with Crippen LogP contribution in [-0.2, 0) is 19.4 Å². The zero-order chi connectivity index (χ0) is 24.8. The van der Waals surface area contributed by atoms with E-state index >= 15 is 0 Å². The van der Waals surface area contributed by atoms with Crippen molar-refractivity contribution in [3.05, 3.63) is 48.5 Å². The Hall–Kier alpha value is -2.38. The van der Waals surface area contributed by atoms with Crippen LogP contribution in [-0.4, -0.2) is 26.2 Å². The number of carbonyl (C=O) groups excluding carboxylic acids is 2. The highest BCUT2D eigenvalue weighted by Gasteiger charge is 2.18. The molecular formula is C26H33ClO6S. The summed E-state index contributed by atoms with van der Waals surface area (Å²) in [6.07, 6.45) is 10.4. The van der Waals surface area contributed by atoms with Gasteiger partial charge in [-0.2, -0.15) is 0 Å². The van der Waals surface area contributed by atoms with E-state index in [1.165, 1.54) is 62.6 Å². The first-order valence-electron chi connectivity index (χ1n) is 11.7. The van der Waals surface area contributed by atoms with Crippen LogP contribution in [0.4, 0.5) is 0 Å². The largest absolute Gasteiger partial charge is 0.494 e. The molecule has 0 aliphatic carbocycles. The summed E-state index contributed by atoms with van der Waals surface area (Å²) >= 11 is 5.32. The summed E-state index contributed by atoms with van der Waals surface area (Å²) in [5, 5.41) is -0.243. The fraction of sp³-hybridized carbons (Fsp3) is 0.462. The van der Waals surface area contributed by atoms with Gasteiger partial charge in [0.15, 0.2) is 0 Å². The predicted molar refractivity (Wildman–Crippen MR) is 132 cm³/mol. The predicted octanol–water partition coefficient (Wildman–Crippen LogP) is 6.49. The Balaban J connectivity index is 1.65. The molecule has 0 saturated carbocycles. The third kappa shape index (κ3) is 10.3. The molecule has 6 nitrogen and oxygen atoms in total. The van der Waals surface area contributed by atoms with Crippen molar-refractivity contribution in [3.8, 4) is 11.5 Å². The minimum Gasteiger partial charge on any atom is -0.494 e. The van der Waals surface area contributed by atoms with Crippen LogP contribution in [0.15, 0.2) is 58.3 Å². The van der Waals surface area contributed by atoms with Crippen LogP contribution in [0.25, 0.3) is 0 Å². The van der Waals surface area contributed by atoms with Crippen molar-refractivity contribution in [2.75, 3.05) is 6.61 Å². The lowest BCUT2D eigenvalue weighted by Crippen LogP contribution is -2.04. The van der Waals surface area contributed by atoms with E-state index in [9.17, 15) is 18.0 Å². The van der Waals surface area contributed by atoms with Gasteiger partial charge in [-0.05, 0) is 73.0 Å². The van der Waals surface area contributed by atoms with Gasteiger partial charge in [-0.3, -0.25) is 9.59 Å². The van der Waals surface area contributed by atoms with Crippen LogP contribution in [0, 0.1) is 0 Å². The standard InChI is InChI=1S/C26H33ClO6S/c1-21(28)33-23-14-18-25(19-15-23)34(30,31)24-16-12-22(13-17-24)32-20-10-8-6-4-2-3-5-7-9-11-26(27)29/h12-19H,2-11,20H2,1H3. The van der Waals surface area contributed by atoms with Gasteiger partial charge in [-0.1, -0.05) is 44.9 Å². The molecule has 0 radical (unpaired) electrons. The van der Waals surface area contributed by atoms with Gasteiger partial charge in [-0.15, -0.1) is 0 Å². The van der Waals surface area contributed by atoms with Crippen molar-refractivity contribution in [2.24, 2.45) is 0 Å². The lowest BCUT2D eigenvalue weighted by molar-refractivity contribution is -0.131. The van der Waals surface area contributed by atoms with E-state index in [-0.39, 0.29) is 15.0 Å². The molecule has 0 heterocycles. The molecule has 0 atom stereocenters. The molecule has 0 aliphatic rings. The fourth-order valence-corrected chi connectivity index (χ4v) is 4.89. The second kappa shape index (κ2) is 14.8. The zero-order valence-electron chi connectivity index (χ0n) is 19.6. The first kappa shape index (κ1) is 27.9. The molecule has 34 heavy (non-hydrogen) atoms. The smallest absolute Gasteiger partial charge is 0.308 e. The topological polar surface area (TPSA) is 86.7 Å². The second-order valence-corrected chi connectivity index (χ2v) is 10.5. The maximum atomic E-state index is 12.8. The number of rotatable bonds is 16. The number of unbranched alkanes of at least 4 members (excludes halogenated alkanes) is 8. The third-order valence-electron chi connectivity index (χ3n) is 5.32. The normalized spacial score (nSPS) is 11.2. The highest BCUT2D eigenvalue weighted by molar-refractivity contribution is 7.91. The van der Waals surface area contributed by atoms with Crippen LogP contribution in [0.1, 0.15) is 71.1 Å². The molecule has 0 aliphatic heterocycles. The van der Waals surface area contributed by atoms with E-state index < -0.39 is 15.8 Å². The fourth-order valence-electron chi connectivity index (χ4n) is 3.50. The molecule has 186 valence electrons. The van der Waals surface area contributed by atoms with Crippen molar-refractivity contribution in [1.29, 1.82) is 0 Å². The number of sulfone groups is 1. The summed E-state index contributed by atoms with van der Waals surface area (Å²) < 4.78 is 36.3. The number of halogens is 1. The molecule has 0 bridgehead atoms. The average Bonchev–Trinajstić information content (AvgIpc) is 2.80. The van der Waals surface area contributed by atoms with E-state index in [0.717, 1.165) is 38.5 Å². The Morgan fingerprint density at radius 2 is 1.15 bits per heavy atom.